The van der Waals surface area contributed by atoms with E-state index in [0.717, 1.165) is 11.5 Å². The maximum absolute atomic E-state index is 15.6. The normalized spacial score (nSPS) is 14.8. The van der Waals surface area contributed by atoms with Gasteiger partial charge in [-0.3, -0.25) is 4.79 Å². The summed E-state index contributed by atoms with van der Waals surface area (Å²) in [5, 5.41) is 3.10. The molecule has 42 heavy (non-hydrogen) atoms. The second-order valence-electron chi connectivity index (χ2n) is 10.8. The smallest absolute Gasteiger partial charge is 0.246 e. The Labute approximate surface area is 241 Å². The summed E-state index contributed by atoms with van der Waals surface area (Å²) < 4.78 is 23.4. The number of carbonyl (C=O) groups excluding carboxylic acids is 1. The summed E-state index contributed by atoms with van der Waals surface area (Å²) in [7, 11) is 1.86. The number of pyridine rings is 2. The number of nitrogens with one attached hydrogen (secondary N) is 1. The summed E-state index contributed by atoms with van der Waals surface area (Å²) in [6.45, 7) is 11.0. The summed E-state index contributed by atoms with van der Waals surface area (Å²) in [4.78, 5) is 38.5. The molecule has 1 aromatic carbocycles. The molecule has 1 aliphatic heterocycles. The predicted molar refractivity (Wildman–Crippen MR) is 159 cm³/mol. The number of rotatable bonds is 6. The topological polar surface area (TPSA) is 114 Å². The van der Waals surface area contributed by atoms with Gasteiger partial charge in [0.2, 0.25) is 5.91 Å². The number of piperazine rings is 1. The first-order chi connectivity index (χ1) is 20.1. The maximum atomic E-state index is 15.6. The van der Waals surface area contributed by atoms with Gasteiger partial charge >= 0.3 is 0 Å². The number of aromatic nitrogens is 6. The zero-order chi connectivity index (χ0) is 29.6. The molecule has 4 aromatic heterocycles. The van der Waals surface area contributed by atoms with E-state index >= 15 is 4.39 Å². The standard InChI is InChI=1S/C30H30FN9O2/c1-6-25(41)40-12-11-39(15-30(40,3)4)24-10-8-21-27(37-24)28(34-16-33-21)36-20-7-9-23(18(2)26(20)31)42-19-13-22-29(32-14-19)38(5)17-35-22/h6-10,13-14,16-17H,1,11-12,15H2,2-5H3,(H,33,34,36). The van der Waals surface area contributed by atoms with Crippen molar-refractivity contribution >= 4 is 45.4 Å². The molecule has 5 heterocycles. The van der Waals surface area contributed by atoms with Crippen molar-refractivity contribution in [2.24, 2.45) is 7.05 Å². The van der Waals surface area contributed by atoms with E-state index in [-0.39, 0.29) is 11.6 Å². The summed E-state index contributed by atoms with van der Waals surface area (Å²) in [5.41, 5.74) is 2.66. The number of ether oxygens (including phenoxy) is 1. The number of carbonyl (C=O) groups is 1. The minimum Gasteiger partial charge on any atom is -0.455 e. The number of aryl methyl sites for hydroxylation is 1. The van der Waals surface area contributed by atoms with E-state index in [1.165, 1.54) is 12.4 Å². The molecular formula is C30H30FN9O2. The summed E-state index contributed by atoms with van der Waals surface area (Å²) >= 11 is 0. The fourth-order valence-electron chi connectivity index (χ4n) is 5.25. The van der Waals surface area contributed by atoms with Gasteiger partial charge in [0.15, 0.2) is 17.3 Å². The van der Waals surface area contributed by atoms with E-state index in [0.29, 0.717) is 59.1 Å². The molecule has 6 rings (SSSR count). The molecule has 0 unspecified atom stereocenters. The van der Waals surface area contributed by atoms with Gasteiger partial charge in [-0.2, -0.15) is 0 Å². The van der Waals surface area contributed by atoms with E-state index in [1.54, 1.807) is 37.6 Å². The van der Waals surface area contributed by atoms with Gasteiger partial charge in [-0.1, -0.05) is 6.58 Å². The van der Waals surface area contributed by atoms with E-state index in [2.05, 4.69) is 36.7 Å². The third-order valence-electron chi connectivity index (χ3n) is 7.48. The molecular weight excluding hydrogens is 537 g/mol. The van der Waals surface area contributed by atoms with Gasteiger partial charge in [0, 0.05) is 38.3 Å². The number of hydrogen-bond acceptors (Lipinski definition) is 9. The molecule has 0 aliphatic carbocycles. The van der Waals surface area contributed by atoms with Crippen molar-refractivity contribution in [1.82, 2.24) is 34.4 Å². The fourth-order valence-corrected chi connectivity index (χ4v) is 5.25. The molecule has 11 nitrogen and oxygen atoms in total. The largest absolute Gasteiger partial charge is 0.455 e. The van der Waals surface area contributed by atoms with Crippen molar-refractivity contribution in [2.75, 3.05) is 29.9 Å². The van der Waals surface area contributed by atoms with Crippen molar-refractivity contribution in [1.29, 1.82) is 0 Å². The molecule has 1 aliphatic rings. The van der Waals surface area contributed by atoms with Gasteiger partial charge in [-0.25, -0.2) is 29.3 Å². The van der Waals surface area contributed by atoms with Gasteiger partial charge in [0.05, 0.1) is 29.3 Å². The van der Waals surface area contributed by atoms with Crippen LogP contribution in [0, 0.1) is 12.7 Å². The molecule has 5 aromatic rings. The van der Waals surface area contributed by atoms with E-state index in [1.807, 2.05) is 42.5 Å². The second-order valence-corrected chi connectivity index (χ2v) is 10.8. The van der Waals surface area contributed by atoms with E-state index in [4.69, 9.17) is 9.72 Å². The molecule has 0 radical (unpaired) electrons. The lowest BCUT2D eigenvalue weighted by Crippen LogP contribution is -2.61. The van der Waals surface area contributed by atoms with Crippen LogP contribution < -0.4 is 15.0 Å². The number of anilines is 3. The third kappa shape index (κ3) is 4.84. The van der Waals surface area contributed by atoms with Gasteiger partial charge in [0.1, 0.15) is 34.7 Å². The van der Waals surface area contributed by atoms with Crippen LogP contribution in [0.15, 0.2) is 61.8 Å². The highest BCUT2D eigenvalue weighted by atomic mass is 19.1. The van der Waals surface area contributed by atoms with Gasteiger partial charge in [-0.15, -0.1) is 0 Å². The van der Waals surface area contributed by atoms with Crippen LogP contribution in [-0.2, 0) is 11.8 Å². The number of nitrogens with zero attached hydrogens (tertiary/aromatic N) is 8. The monoisotopic (exact) mass is 567 g/mol. The number of hydrogen-bond donors (Lipinski definition) is 1. The highest BCUT2D eigenvalue weighted by Gasteiger charge is 2.36. The minimum atomic E-state index is -0.480. The fraction of sp³-hybridized carbons (Fsp3) is 0.267. The average Bonchev–Trinajstić information content (AvgIpc) is 3.35. The Morgan fingerprint density at radius 3 is 2.74 bits per heavy atom. The minimum absolute atomic E-state index is 0.0920. The third-order valence-corrected chi connectivity index (χ3v) is 7.48. The lowest BCUT2D eigenvalue weighted by molar-refractivity contribution is -0.131. The highest BCUT2D eigenvalue weighted by molar-refractivity contribution is 5.89. The Kier molecular flexibility index (Phi) is 6.68. The second kappa shape index (κ2) is 10.4. The number of imidazole rings is 1. The van der Waals surface area contributed by atoms with Crippen molar-refractivity contribution < 1.29 is 13.9 Å². The van der Waals surface area contributed by atoms with Crippen LogP contribution in [0.1, 0.15) is 19.4 Å². The zero-order valence-electron chi connectivity index (χ0n) is 23.8. The first-order valence-corrected chi connectivity index (χ1v) is 13.5. The van der Waals surface area contributed by atoms with Crippen LogP contribution in [0.5, 0.6) is 11.5 Å². The number of amides is 1. The van der Waals surface area contributed by atoms with Gasteiger partial charge in [0.25, 0.3) is 0 Å². The molecule has 0 saturated carbocycles. The van der Waals surface area contributed by atoms with E-state index < -0.39 is 11.4 Å². The lowest BCUT2D eigenvalue weighted by atomic mass is 9.98. The maximum Gasteiger partial charge on any atom is 0.246 e. The van der Waals surface area contributed by atoms with Crippen LogP contribution in [0.25, 0.3) is 22.2 Å². The molecule has 12 heteroatoms. The van der Waals surface area contributed by atoms with Crippen LogP contribution in [0.2, 0.25) is 0 Å². The molecule has 0 atom stereocenters. The van der Waals surface area contributed by atoms with Crippen LogP contribution in [0.3, 0.4) is 0 Å². The summed E-state index contributed by atoms with van der Waals surface area (Å²) in [6.07, 6.45) is 6.02. The Morgan fingerprint density at radius 1 is 1.12 bits per heavy atom. The molecule has 1 saturated heterocycles. The molecule has 0 spiro atoms. The van der Waals surface area contributed by atoms with Crippen molar-refractivity contribution in [2.45, 2.75) is 26.3 Å². The first-order valence-electron chi connectivity index (χ1n) is 13.5. The van der Waals surface area contributed by atoms with Crippen LogP contribution in [0.4, 0.5) is 21.7 Å². The lowest BCUT2D eigenvalue weighted by Gasteiger charge is -2.47. The van der Waals surface area contributed by atoms with Crippen molar-refractivity contribution in [3.63, 3.8) is 0 Å². The molecule has 1 fully saturated rings. The van der Waals surface area contributed by atoms with Gasteiger partial charge < -0.3 is 24.4 Å². The molecule has 214 valence electrons. The molecule has 1 amide bonds. The Morgan fingerprint density at radius 2 is 1.95 bits per heavy atom. The van der Waals surface area contributed by atoms with Crippen LogP contribution >= 0.6 is 0 Å². The predicted octanol–water partition coefficient (Wildman–Crippen LogP) is 4.90. The van der Waals surface area contributed by atoms with E-state index in [9.17, 15) is 4.79 Å². The van der Waals surface area contributed by atoms with Crippen molar-refractivity contribution in [3.05, 3.63) is 73.2 Å². The Bertz CT molecular complexity index is 1850. The number of benzene rings is 1. The van der Waals surface area contributed by atoms with Crippen LogP contribution in [-0.4, -0.2) is 65.5 Å². The summed E-state index contributed by atoms with van der Waals surface area (Å²) in [6, 6.07) is 8.82. The quantitative estimate of drug-likeness (QED) is 0.286. The number of fused-ring (bicyclic) bond motifs is 2. The first kappa shape index (κ1) is 27.1. The molecule has 1 N–H and O–H groups in total. The zero-order valence-corrected chi connectivity index (χ0v) is 23.8. The Balaban J connectivity index is 1.26. The number of halogens is 1. The molecule has 0 bridgehead atoms. The SMILES string of the molecule is C=CC(=O)N1CCN(c2ccc3ncnc(Nc4ccc(Oc5cnc6c(c5)ncn6C)c(C)c4F)c3n2)CC1(C)C. The average molecular weight is 568 g/mol. The summed E-state index contributed by atoms with van der Waals surface area (Å²) in [5.74, 6) is 1.34. The highest BCUT2D eigenvalue weighted by Crippen LogP contribution is 2.34. The Hall–Kier alpha value is -5.13. The van der Waals surface area contributed by atoms with Gasteiger partial charge in [-0.05, 0) is 51.1 Å². The van der Waals surface area contributed by atoms with Crippen molar-refractivity contribution in [3.8, 4) is 11.5 Å².